The van der Waals surface area contributed by atoms with Crippen LogP contribution in [-0.2, 0) is 25.5 Å². The molecule has 0 bridgehead atoms. The zero-order valence-electron chi connectivity index (χ0n) is 10.6. The van der Waals surface area contributed by atoms with Gasteiger partial charge in [-0.25, -0.2) is 4.79 Å². The van der Waals surface area contributed by atoms with E-state index in [2.05, 4.69) is 0 Å². The second-order valence-electron chi connectivity index (χ2n) is 3.94. The summed E-state index contributed by atoms with van der Waals surface area (Å²) in [6.07, 6.45) is 1.66. The van der Waals surface area contributed by atoms with Crippen LogP contribution in [-0.4, -0.2) is 31.0 Å². The maximum Gasteiger partial charge on any atom is 0.344 e. The molecule has 104 valence electrons. The Labute approximate surface area is 117 Å². The monoisotopic (exact) mass is 284 g/mol. The first-order chi connectivity index (χ1) is 9.22. The molecule has 0 amide bonds. The van der Waals surface area contributed by atoms with Crippen LogP contribution in [0.5, 0.6) is 0 Å². The Hall–Kier alpha value is -1.55. The van der Waals surface area contributed by atoms with Gasteiger partial charge in [0.1, 0.15) is 0 Å². The van der Waals surface area contributed by atoms with Crippen LogP contribution in [0.4, 0.5) is 0 Å². The average Bonchev–Trinajstić information content (AvgIpc) is 2.42. The van der Waals surface area contributed by atoms with Gasteiger partial charge in [-0.2, -0.15) is 0 Å². The van der Waals surface area contributed by atoms with Crippen LogP contribution in [0.3, 0.4) is 0 Å². The second kappa shape index (κ2) is 9.39. The van der Waals surface area contributed by atoms with Crippen LogP contribution < -0.4 is 0 Å². The maximum atomic E-state index is 11.4. The molecule has 5 heteroatoms. The van der Waals surface area contributed by atoms with E-state index >= 15 is 0 Å². The van der Waals surface area contributed by atoms with Crippen LogP contribution in [0, 0.1) is 0 Å². The molecule has 0 saturated heterocycles. The smallest absolute Gasteiger partial charge is 0.344 e. The van der Waals surface area contributed by atoms with Gasteiger partial charge >= 0.3 is 11.9 Å². The largest absolute Gasteiger partial charge is 0.463 e. The Morgan fingerprint density at radius 3 is 2.42 bits per heavy atom. The Kier molecular flexibility index (Phi) is 7.66. The van der Waals surface area contributed by atoms with Crippen molar-refractivity contribution in [3.05, 3.63) is 35.9 Å². The van der Waals surface area contributed by atoms with Crippen molar-refractivity contribution in [3.63, 3.8) is 0 Å². The summed E-state index contributed by atoms with van der Waals surface area (Å²) in [6.45, 7) is -0.0334. The molecule has 0 unspecified atom stereocenters. The third kappa shape index (κ3) is 7.47. The summed E-state index contributed by atoms with van der Waals surface area (Å²) in [5.41, 5.74) is 0.850. The first-order valence-corrected chi connectivity index (χ1v) is 6.67. The lowest BCUT2D eigenvalue weighted by Gasteiger charge is -2.05. The molecule has 1 aromatic carbocycles. The van der Waals surface area contributed by atoms with Crippen LogP contribution >= 0.6 is 11.6 Å². The minimum atomic E-state index is -0.531. The number of hydrogen-bond donors (Lipinski definition) is 0. The molecular formula is C14H17ClO4. The number of esters is 2. The fourth-order valence-electron chi connectivity index (χ4n) is 1.38. The molecule has 0 atom stereocenters. The molecule has 0 saturated carbocycles. The third-order valence-electron chi connectivity index (χ3n) is 2.33. The van der Waals surface area contributed by atoms with Crippen LogP contribution in [0.1, 0.15) is 18.4 Å². The molecule has 0 N–H and O–H groups in total. The third-order valence-corrected chi connectivity index (χ3v) is 2.60. The maximum absolute atomic E-state index is 11.4. The molecule has 0 fully saturated rings. The van der Waals surface area contributed by atoms with Gasteiger partial charge in [-0.15, -0.1) is 11.6 Å². The minimum Gasteiger partial charge on any atom is -0.463 e. The molecule has 0 aromatic heterocycles. The van der Waals surface area contributed by atoms with Crippen molar-refractivity contribution in [3.8, 4) is 0 Å². The molecule has 19 heavy (non-hydrogen) atoms. The van der Waals surface area contributed by atoms with E-state index in [1.54, 1.807) is 0 Å². The Morgan fingerprint density at radius 1 is 1.00 bits per heavy atom. The van der Waals surface area contributed by atoms with Crippen LogP contribution in [0.15, 0.2) is 30.3 Å². The summed E-state index contributed by atoms with van der Waals surface area (Å²) in [6, 6.07) is 9.20. The highest BCUT2D eigenvalue weighted by molar-refractivity contribution is 6.17. The lowest BCUT2D eigenvalue weighted by Crippen LogP contribution is -2.18. The van der Waals surface area contributed by atoms with E-state index in [9.17, 15) is 9.59 Å². The number of benzene rings is 1. The van der Waals surface area contributed by atoms with Gasteiger partial charge in [-0.1, -0.05) is 30.3 Å². The molecule has 0 heterocycles. The number of carbonyl (C=O) groups excluding carboxylic acids is 2. The SMILES string of the molecule is O=C(COC(=O)Cc1ccccc1)OCCCCCl. The van der Waals surface area contributed by atoms with E-state index in [4.69, 9.17) is 21.1 Å². The van der Waals surface area contributed by atoms with Gasteiger partial charge in [0.2, 0.25) is 0 Å². The lowest BCUT2D eigenvalue weighted by atomic mass is 10.2. The van der Waals surface area contributed by atoms with Crippen molar-refractivity contribution < 1.29 is 19.1 Å². The van der Waals surface area contributed by atoms with Gasteiger partial charge < -0.3 is 9.47 Å². The zero-order valence-corrected chi connectivity index (χ0v) is 11.4. The van der Waals surface area contributed by atoms with Gasteiger partial charge in [0, 0.05) is 5.88 Å². The van der Waals surface area contributed by atoms with E-state index in [1.807, 2.05) is 30.3 Å². The van der Waals surface area contributed by atoms with Gasteiger partial charge in [0.25, 0.3) is 0 Å². The van der Waals surface area contributed by atoms with Gasteiger partial charge in [-0.3, -0.25) is 4.79 Å². The number of unbranched alkanes of at least 4 members (excludes halogenated alkanes) is 1. The van der Waals surface area contributed by atoms with Crippen molar-refractivity contribution in [1.82, 2.24) is 0 Å². The normalized spacial score (nSPS) is 9.95. The zero-order chi connectivity index (χ0) is 13.9. The van der Waals surface area contributed by atoms with Crippen LogP contribution in [0.2, 0.25) is 0 Å². The summed E-state index contributed by atoms with van der Waals surface area (Å²) in [4.78, 5) is 22.7. The van der Waals surface area contributed by atoms with Gasteiger partial charge in [0.15, 0.2) is 6.61 Å². The molecule has 0 spiro atoms. The predicted molar refractivity (Wildman–Crippen MR) is 72.0 cm³/mol. The van der Waals surface area contributed by atoms with Crippen molar-refractivity contribution in [2.24, 2.45) is 0 Å². The molecule has 0 aliphatic carbocycles. The molecule has 0 aliphatic rings. The van der Waals surface area contributed by atoms with Crippen molar-refractivity contribution in [2.45, 2.75) is 19.3 Å². The van der Waals surface area contributed by atoms with E-state index in [1.165, 1.54) is 0 Å². The number of alkyl halides is 1. The van der Waals surface area contributed by atoms with E-state index < -0.39 is 11.9 Å². The summed E-state index contributed by atoms with van der Waals surface area (Å²) in [7, 11) is 0. The molecule has 0 aliphatic heterocycles. The predicted octanol–water partition coefficient (Wildman–Crippen LogP) is 2.33. The first kappa shape index (κ1) is 15.5. The number of halogens is 1. The van der Waals surface area contributed by atoms with Crippen molar-refractivity contribution in [1.29, 1.82) is 0 Å². The fourth-order valence-corrected chi connectivity index (χ4v) is 1.57. The quantitative estimate of drug-likeness (QED) is 0.418. The summed E-state index contributed by atoms with van der Waals surface area (Å²) in [5, 5.41) is 0. The molecule has 1 rings (SSSR count). The topological polar surface area (TPSA) is 52.6 Å². The lowest BCUT2D eigenvalue weighted by molar-refractivity contribution is -0.158. The molecule has 0 radical (unpaired) electrons. The number of rotatable bonds is 8. The summed E-state index contributed by atoms with van der Waals surface area (Å²) >= 11 is 5.49. The summed E-state index contributed by atoms with van der Waals surface area (Å²) < 4.78 is 9.70. The van der Waals surface area contributed by atoms with E-state index in [0.29, 0.717) is 18.9 Å². The van der Waals surface area contributed by atoms with E-state index in [0.717, 1.165) is 12.0 Å². The second-order valence-corrected chi connectivity index (χ2v) is 4.32. The highest BCUT2D eigenvalue weighted by atomic mass is 35.5. The van der Waals surface area contributed by atoms with Crippen molar-refractivity contribution >= 4 is 23.5 Å². The molecule has 1 aromatic rings. The Morgan fingerprint density at radius 2 is 1.74 bits per heavy atom. The van der Waals surface area contributed by atoms with Gasteiger partial charge in [-0.05, 0) is 18.4 Å². The summed E-state index contributed by atoms with van der Waals surface area (Å²) in [5.74, 6) is -0.427. The Bertz CT molecular complexity index is 392. The fraction of sp³-hybridized carbons (Fsp3) is 0.429. The average molecular weight is 285 g/mol. The van der Waals surface area contributed by atoms with Crippen molar-refractivity contribution in [2.75, 3.05) is 19.1 Å². The molecule has 4 nitrogen and oxygen atoms in total. The molecular weight excluding hydrogens is 268 g/mol. The highest BCUT2D eigenvalue weighted by Gasteiger charge is 2.09. The number of carbonyl (C=O) groups is 2. The number of hydrogen-bond acceptors (Lipinski definition) is 4. The standard InChI is InChI=1S/C14H17ClO4/c15-8-4-5-9-18-14(17)11-19-13(16)10-12-6-2-1-3-7-12/h1-3,6-7H,4-5,8-11H2. The van der Waals surface area contributed by atoms with E-state index in [-0.39, 0.29) is 13.0 Å². The Balaban J connectivity index is 2.14. The van der Waals surface area contributed by atoms with Crippen LogP contribution in [0.25, 0.3) is 0 Å². The highest BCUT2D eigenvalue weighted by Crippen LogP contribution is 2.01. The minimum absolute atomic E-state index is 0.153. The number of ether oxygens (including phenoxy) is 2. The first-order valence-electron chi connectivity index (χ1n) is 6.13. The van der Waals surface area contributed by atoms with Gasteiger partial charge in [0.05, 0.1) is 13.0 Å².